The predicted octanol–water partition coefficient (Wildman–Crippen LogP) is 0.768. The van der Waals surface area contributed by atoms with Crippen LogP contribution in [-0.4, -0.2) is 41.5 Å². The van der Waals surface area contributed by atoms with Crippen molar-refractivity contribution in [3.63, 3.8) is 0 Å². The number of carbonyl (C=O) groups is 1. The zero-order valence-corrected chi connectivity index (χ0v) is 12.9. The fourth-order valence-electron chi connectivity index (χ4n) is 2.24. The molecule has 122 valence electrons. The smallest absolute Gasteiger partial charge is 0.244 e. The standard InChI is InChI=1S/C16H17N7O/c24-16(7-6-14-4-2-1-3-5-14)21-15(8-22-12-17-10-19-22)9-23-13-18-11-20-23/h1-7,10-13,15H,8-9H2,(H,21,24)/b7-6+. The highest BCUT2D eigenvalue weighted by Crippen LogP contribution is 2.01. The minimum atomic E-state index is -0.193. The third-order valence-electron chi connectivity index (χ3n) is 3.32. The van der Waals surface area contributed by atoms with E-state index in [4.69, 9.17) is 0 Å². The molecule has 3 aromatic rings. The number of nitrogens with one attached hydrogen (secondary N) is 1. The molecule has 24 heavy (non-hydrogen) atoms. The van der Waals surface area contributed by atoms with Crippen molar-refractivity contribution in [2.45, 2.75) is 19.1 Å². The third kappa shape index (κ3) is 4.60. The average Bonchev–Trinajstić information content (AvgIpc) is 3.28. The van der Waals surface area contributed by atoms with Gasteiger partial charge in [0, 0.05) is 6.08 Å². The van der Waals surface area contributed by atoms with Gasteiger partial charge in [0.2, 0.25) is 5.91 Å². The van der Waals surface area contributed by atoms with Gasteiger partial charge in [-0.05, 0) is 11.6 Å². The fourth-order valence-corrected chi connectivity index (χ4v) is 2.24. The van der Waals surface area contributed by atoms with Gasteiger partial charge in [0.15, 0.2) is 0 Å². The van der Waals surface area contributed by atoms with Gasteiger partial charge < -0.3 is 5.32 Å². The molecule has 0 aliphatic carbocycles. The zero-order chi connectivity index (χ0) is 16.6. The highest BCUT2D eigenvalue weighted by atomic mass is 16.1. The van der Waals surface area contributed by atoms with Gasteiger partial charge in [0.05, 0.1) is 19.1 Å². The van der Waals surface area contributed by atoms with Crippen LogP contribution in [0.5, 0.6) is 0 Å². The summed E-state index contributed by atoms with van der Waals surface area (Å²) in [4.78, 5) is 20.0. The minimum Gasteiger partial charge on any atom is -0.346 e. The summed E-state index contributed by atoms with van der Waals surface area (Å²) >= 11 is 0. The lowest BCUT2D eigenvalue weighted by atomic mass is 10.2. The summed E-state index contributed by atoms with van der Waals surface area (Å²) in [7, 11) is 0. The van der Waals surface area contributed by atoms with Crippen molar-refractivity contribution >= 4 is 12.0 Å². The van der Waals surface area contributed by atoms with Crippen LogP contribution in [-0.2, 0) is 17.9 Å². The second-order valence-electron chi connectivity index (χ2n) is 5.18. The molecule has 0 unspecified atom stereocenters. The SMILES string of the molecule is O=C(/C=C/c1ccccc1)NC(Cn1cncn1)Cn1cncn1. The van der Waals surface area contributed by atoms with Crippen molar-refractivity contribution in [1.82, 2.24) is 34.8 Å². The molecular weight excluding hydrogens is 306 g/mol. The molecule has 8 nitrogen and oxygen atoms in total. The molecule has 3 rings (SSSR count). The van der Waals surface area contributed by atoms with E-state index in [2.05, 4.69) is 25.5 Å². The van der Waals surface area contributed by atoms with Crippen LogP contribution in [0.25, 0.3) is 6.08 Å². The van der Waals surface area contributed by atoms with Crippen molar-refractivity contribution in [3.05, 3.63) is 67.3 Å². The lowest BCUT2D eigenvalue weighted by molar-refractivity contribution is -0.117. The molecule has 2 aromatic heterocycles. The number of carbonyl (C=O) groups excluding carboxylic acids is 1. The number of nitrogens with zero attached hydrogens (tertiary/aromatic N) is 6. The van der Waals surface area contributed by atoms with Crippen molar-refractivity contribution in [1.29, 1.82) is 0 Å². The van der Waals surface area contributed by atoms with Crippen LogP contribution >= 0.6 is 0 Å². The molecule has 2 heterocycles. The summed E-state index contributed by atoms with van der Waals surface area (Å²) < 4.78 is 3.34. The number of aromatic nitrogens is 6. The summed E-state index contributed by atoms with van der Waals surface area (Å²) in [5, 5.41) is 11.1. The van der Waals surface area contributed by atoms with Crippen LogP contribution in [0.3, 0.4) is 0 Å². The molecule has 1 aromatic carbocycles. The third-order valence-corrected chi connectivity index (χ3v) is 3.32. The van der Waals surface area contributed by atoms with Gasteiger partial charge in [-0.25, -0.2) is 9.97 Å². The molecule has 0 atom stereocenters. The Morgan fingerprint density at radius 3 is 2.21 bits per heavy atom. The van der Waals surface area contributed by atoms with Crippen LogP contribution in [0, 0.1) is 0 Å². The minimum absolute atomic E-state index is 0.177. The van der Waals surface area contributed by atoms with Crippen molar-refractivity contribution in [3.8, 4) is 0 Å². The summed E-state index contributed by atoms with van der Waals surface area (Å²) in [5.41, 5.74) is 0.969. The molecule has 0 saturated heterocycles. The Hall–Kier alpha value is -3.29. The summed E-state index contributed by atoms with van der Waals surface area (Å²) in [6.07, 6.45) is 9.44. The average molecular weight is 323 g/mol. The van der Waals surface area contributed by atoms with E-state index in [9.17, 15) is 4.79 Å². The van der Waals surface area contributed by atoms with Gasteiger partial charge in [-0.15, -0.1) is 0 Å². The first-order valence-electron chi connectivity index (χ1n) is 7.48. The molecule has 0 aliphatic heterocycles. The van der Waals surface area contributed by atoms with E-state index in [1.165, 1.54) is 18.7 Å². The molecule has 1 amide bonds. The van der Waals surface area contributed by atoms with E-state index < -0.39 is 0 Å². The molecule has 0 fully saturated rings. The highest BCUT2D eigenvalue weighted by Gasteiger charge is 2.13. The lowest BCUT2D eigenvalue weighted by Crippen LogP contribution is -2.40. The molecule has 0 saturated carbocycles. The van der Waals surface area contributed by atoms with Gasteiger partial charge in [-0.3, -0.25) is 14.2 Å². The van der Waals surface area contributed by atoms with Gasteiger partial charge in [-0.2, -0.15) is 10.2 Å². The van der Waals surface area contributed by atoms with E-state index in [1.54, 1.807) is 28.1 Å². The molecule has 1 N–H and O–H groups in total. The predicted molar refractivity (Wildman–Crippen MR) is 87.5 cm³/mol. The Morgan fingerprint density at radius 2 is 1.67 bits per heavy atom. The number of rotatable bonds is 7. The summed E-state index contributed by atoms with van der Waals surface area (Å²) in [6, 6.07) is 9.47. The number of hydrogen-bond acceptors (Lipinski definition) is 5. The molecule has 0 radical (unpaired) electrons. The van der Waals surface area contributed by atoms with Crippen LogP contribution in [0.15, 0.2) is 61.7 Å². The first-order valence-corrected chi connectivity index (χ1v) is 7.48. The number of hydrogen-bond donors (Lipinski definition) is 1. The fraction of sp³-hybridized carbons (Fsp3) is 0.188. The quantitative estimate of drug-likeness (QED) is 0.649. The topological polar surface area (TPSA) is 90.5 Å². The van der Waals surface area contributed by atoms with Crippen LogP contribution < -0.4 is 5.32 Å². The number of benzene rings is 1. The van der Waals surface area contributed by atoms with Gasteiger partial charge >= 0.3 is 0 Å². The van der Waals surface area contributed by atoms with Gasteiger partial charge in [0.1, 0.15) is 25.3 Å². The maximum absolute atomic E-state index is 12.2. The molecule has 0 aliphatic rings. The summed E-state index contributed by atoms with van der Waals surface area (Å²) in [5.74, 6) is -0.177. The maximum atomic E-state index is 12.2. The van der Waals surface area contributed by atoms with Crippen LogP contribution in [0.2, 0.25) is 0 Å². The van der Waals surface area contributed by atoms with E-state index in [-0.39, 0.29) is 11.9 Å². The lowest BCUT2D eigenvalue weighted by Gasteiger charge is -2.17. The largest absolute Gasteiger partial charge is 0.346 e. The summed E-state index contributed by atoms with van der Waals surface area (Å²) in [6.45, 7) is 0.982. The van der Waals surface area contributed by atoms with Gasteiger partial charge in [0.25, 0.3) is 0 Å². The maximum Gasteiger partial charge on any atom is 0.244 e. The first-order chi connectivity index (χ1) is 11.8. The molecule has 0 bridgehead atoms. The Kier molecular flexibility index (Phi) is 5.08. The van der Waals surface area contributed by atoms with Gasteiger partial charge in [-0.1, -0.05) is 30.3 Å². The van der Waals surface area contributed by atoms with Crippen LogP contribution in [0.1, 0.15) is 5.56 Å². The van der Waals surface area contributed by atoms with Crippen molar-refractivity contribution in [2.24, 2.45) is 0 Å². The van der Waals surface area contributed by atoms with Crippen molar-refractivity contribution < 1.29 is 4.79 Å². The Labute approximate surface area is 138 Å². The Bertz CT molecular complexity index is 730. The molecular formula is C16H17N7O. The molecule has 0 spiro atoms. The Morgan fingerprint density at radius 1 is 1.04 bits per heavy atom. The molecule has 8 heteroatoms. The van der Waals surface area contributed by atoms with Crippen LogP contribution in [0.4, 0.5) is 0 Å². The van der Waals surface area contributed by atoms with E-state index in [0.717, 1.165) is 5.56 Å². The monoisotopic (exact) mass is 323 g/mol. The normalized spacial score (nSPS) is 11.2. The van der Waals surface area contributed by atoms with E-state index in [0.29, 0.717) is 13.1 Å². The highest BCUT2D eigenvalue weighted by molar-refractivity contribution is 5.91. The van der Waals surface area contributed by atoms with E-state index in [1.807, 2.05) is 30.3 Å². The first kappa shape index (κ1) is 15.6. The number of amides is 1. The zero-order valence-electron chi connectivity index (χ0n) is 12.9. The second kappa shape index (κ2) is 7.82. The Balaban J connectivity index is 1.63. The van der Waals surface area contributed by atoms with E-state index >= 15 is 0 Å². The second-order valence-corrected chi connectivity index (χ2v) is 5.18. The van der Waals surface area contributed by atoms with Crippen molar-refractivity contribution in [2.75, 3.05) is 0 Å².